The molecule has 7 heteroatoms. The maximum atomic E-state index is 13.4. The third-order valence-corrected chi connectivity index (χ3v) is 7.09. The van der Waals surface area contributed by atoms with E-state index < -0.39 is 0 Å². The molecule has 2 aromatic heterocycles. The summed E-state index contributed by atoms with van der Waals surface area (Å²) in [7, 11) is 0. The molecule has 170 valence electrons. The molecular formula is C27H24N4O2S. The number of aromatic nitrogens is 4. The summed E-state index contributed by atoms with van der Waals surface area (Å²) in [5.74, 6) is 0.686. The van der Waals surface area contributed by atoms with Gasteiger partial charge in [-0.05, 0) is 74.7 Å². The molecular weight excluding hydrogens is 444 g/mol. The van der Waals surface area contributed by atoms with Crippen LogP contribution in [0.25, 0.3) is 22.4 Å². The van der Waals surface area contributed by atoms with Crippen molar-refractivity contribution in [2.75, 3.05) is 5.75 Å². The van der Waals surface area contributed by atoms with E-state index in [9.17, 15) is 9.59 Å². The van der Waals surface area contributed by atoms with Gasteiger partial charge < -0.3 is 0 Å². The van der Waals surface area contributed by atoms with Crippen LogP contribution < -0.4 is 5.56 Å². The highest BCUT2D eigenvalue weighted by Crippen LogP contribution is 2.25. The summed E-state index contributed by atoms with van der Waals surface area (Å²) in [6, 6.07) is 19.2. The smallest absolute Gasteiger partial charge is 0.267 e. The van der Waals surface area contributed by atoms with E-state index in [0.29, 0.717) is 21.8 Å². The normalized spacial score (nSPS) is 11.4. The molecule has 5 rings (SSSR count). The Bertz CT molecular complexity index is 1630. The molecule has 0 amide bonds. The zero-order valence-electron chi connectivity index (χ0n) is 19.5. The SMILES string of the molecule is Cc1ccc(-n2c(=O)c3ccccc3n3c(SCC(=O)c4cc(C)c(C)cc4C)nnc23)cc1. The van der Waals surface area contributed by atoms with Crippen molar-refractivity contribution in [1.29, 1.82) is 0 Å². The van der Waals surface area contributed by atoms with Gasteiger partial charge in [0.15, 0.2) is 10.9 Å². The maximum absolute atomic E-state index is 13.4. The first-order chi connectivity index (χ1) is 16.3. The molecule has 6 nitrogen and oxygen atoms in total. The minimum absolute atomic E-state index is 0.0403. The Morgan fingerprint density at radius 2 is 1.59 bits per heavy atom. The number of nitrogens with zero attached hydrogens (tertiary/aromatic N) is 4. The topological polar surface area (TPSA) is 69.3 Å². The minimum atomic E-state index is -0.155. The van der Waals surface area contributed by atoms with Gasteiger partial charge in [-0.2, -0.15) is 0 Å². The molecule has 3 aromatic carbocycles. The highest BCUT2D eigenvalue weighted by Gasteiger charge is 2.19. The van der Waals surface area contributed by atoms with Crippen molar-refractivity contribution in [1.82, 2.24) is 19.2 Å². The van der Waals surface area contributed by atoms with Crippen molar-refractivity contribution >= 4 is 34.2 Å². The fourth-order valence-electron chi connectivity index (χ4n) is 4.17. The van der Waals surface area contributed by atoms with E-state index in [1.54, 1.807) is 10.6 Å². The van der Waals surface area contributed by atoms with Crippen LogP contribution in [0.2, 0.25) is 0 Å². The second-order valence-electron chi connectivity index (χ2n) is 8.57. The van der Waals surface area contributed by atoms with E-state index in [4.69, 9.17) is 0 Å². The molecule has 0 radical (unpaired) electrons. The fraction of sp³-hybridized carbons (Fsp3) is 0.185. The van der Waals surface area contributed by atoms with E-state index in [-0.39, 0.29) is 17.1 Å². The van der Waals surface area contributed by atoms with Crippen LogP contribution >= 0.6 is 11.8 Å². The zero-order chi connectivity index (χ0) is 24.0. The summed E-state index contributed by atoms with van der Waals surface area (Å²) in [4.78, 5) is 26.5. The first-order valence-electron chi connectivity index (χ1n) is 11.0. The largest absolute Gasteiger partial charge is 0.293 e. The van der Waals surface area contributed by atoms with Crippen LogP contribution in [0.1, 0.15) is 32.6 Å². The Balaban J connectivity index is 1.61. The van der Waals surface area contributed by atoms with E-state index in [2.05, 4.69) is 10.2 Å². The molecule has 0 aliphatic heterocycles. The number of hydrogen-bond donors (Lipinski definition) is 0. The summed E-state index contributed by atoms with van der Waals surface area (Å²) in [5.41, 5.74) is 6.35. The number of para-hydroxylation sites is 1. The van der Waals surface area contributed by atoms with Gasteiger partial charge >= 0.3 is 0 Å². The van der Waals surface area contributed by atoms with Crippen molar-refractivity contribution in [3.63, 3.8) is 0 Å². The molecule has 0 N–H and O–H groups in total. The average molecular weight is 469 g/mol. The predicted octanol–water partition coefficient (Wildman–Crippen LogP) is 5.24. The molecule has 34 heavy (non-hydrogen) atoms. The number of thioether (sulfide) groups is 1. The van der Waals surface area contributed by atoms with Crippen molar-refractivity contribution in [3.05, 3.63) is 98.8 Å². The van der Waals surface area contributed by atoms with Gasteiger partial charge in [-0.15, -0.1) is 10.2 Å². The lowest BCUT2D eigenvalue weighted by atomic mass is 9.99. The lowest BCUT2D eigenvalue weighted by Gasteiger charge is -2.12. The molecule has 0 saturated carbocycles. The molecule has 0 bridgehead atoms. The number of hydrogen-bond acceptors (Lipinski definition) is 5. The van der Waals surface area contributed by atoms with Crippen LogP contribution in [-0.2, 0) is 0 Å². The van der Waals surface area contributed by atoms with Crippen molar-refractivity contribution in [2.45, 2.75) is 32.9 Å². The second-order valence-corrected chi connectivity index (χ2v) is 9.52. The van der Waals surface area contributed by atoms with E-state index in [0.717, 1.165) is 27.9 Å². The molecule has 5 aromatic rings. The van der Waals surface area contributed by atoms with Crippen molar-refractivity contribution < 1.29 is 4.79 Å². The maximum Gasteiger partial charge on any atom is 0.267 e. The Morgan fingerprint density at radius 3 is 2.35 bits per heavy atom. The fourth-order valence-corrected chi connectivity index (χ4v) is 4.99. The first kappa shape index (κ1) is 22.1. The summed E-state index contributed by atoms with van der Waals surface area (Å²) in [6.07, 6.45) is 0. The number of carbonyl (C=O) groups is 1. The van der Waals surface area contributed by atoms with Crippen molar-refractivity contribution in [3.8, 4) is 5.69 Å². The molecule has 0 aliphatic carbocycles. The molecule has 2 heterocycles. The van der Waals surface area contributed by atoms with Gasteiger partial charge in [0, 0.05) is 5.56 Å². The van der Waals surface area contributed by atoms with Gasteiger partial charge in [0.2, 0.25) is 5.78 Å². The standard InChI is InChI=1S/C27H24N4O2S/c1-16-9-11-20(12-10-16)30-25(33)21-7-5-6-8-23(21)31-26(30)28-29-27(31)34-15-24(32)22-14-18(3)17(2)13-19(22)4/h5-14H,15H2,1-4H3. The highest BCUT2D eigenvalue weighted by atomic mass is 32.2. The highest BCUT2D eigenvalue weighted by molar-refractivity contribution is 7.99. The minimum Gasteiger partial charge on any atom is -0.293 e. The number of aryl methyl sites for hydroxylation is 4. The molecule has 0 unspecified atom stereocenters. The van der Waals surface area contributed by atoms with Gasteiger partial charge in [0.25, 0.3) is 5.56 Å². The zero-order valence-corrected chi connectivity index (χ0v) is 20.3. The Kier molecular flexibility index (Phi) is 5.57. The lowest BCUT2D eigenvalue weighted by Crippen LogP contribution is -2.21. The van der Waals surface area contributed by atoms with Gasteiger partial charge in [0.05, 0.1) is 22.3 Å². The van der Waals surface area contributed by atoms with Crippen LogP contribution in [0, 0.1) is 27.7 Å². The average Bonchev–Trinajstić information content (AvgIpc) is 3.25. The summed E-state index contributed by atoms with van der Waals surface area (Å²) >= 11 is 1.33. The monoisotopic (exact) mass is 468 g/mol. The van der Waals surface area contributed by atoms with Gasteiger partial charge in [-0.3, -0.25) is 14.0 Å². The second kappa shape index (κ2) is 8.57. The number of rotatable bonds is 5. The quantitative estimate of drug-likeness (QED) is 0.261. The lowest BCUT2D eigenvalue weighted by molar-refractivity contribution is 0.102. The molecule has 0 saturated heterocycles. The third-order valence-electron chi connectivity index (χ3n) is 6.16. The first-order valence-corrected chi connectivity index (χ1v) is 12.0. The van der Waals surface area contributed by atoms with Gasteiger partial charge in [-0.25, -0.2) is 4.57 Å². The van der Waals surface area contributed by atoms with Crippen LogP contribution in [0.3, 0.4) is 0 Å². The predicted molar refractivity (Wildman–Crippen MR) is 137 cm³/mol. The van der Waals surface area contributed by atoms with Crippen LogP contribution in [0.15, 0.2) is 70.6 Å². The number of benzene rings is 3. The van der Waals surface area contributed by atoms with Crippen LogP contribution in [0.5, 0.6) is 0 Å². The number of Topliss-reactive ketones (excluding diaryl/α,β-unsaturated/α-hetero) is 1. The summed E-state index contributed by atoms with van der Waals surface area (Å²) in [5, 5.41) is 9.87. The van der Waals surface area contributed by atoms with Crippen LogP contribution in [0.4, 0.5) is 0 Å². The number of ketones is 1. The molecule has 0 fully saturated rings. The van der Waals surface area contributed by atoms with Crippen LogP contribution in [-0.4, -0.2) is 30.7 Å². The molecule has 0 spiro atoms. The van der Waals surface area contributed by atoms with Gasteiger partial charge in [0.1, 0.15) is 0 Å². The number of fused-ring (bicyclic) bond motifs is 3. The summed E-state index contributed by atoms with van der Waals surface area (Å²) < 4.78 is 3.44. The van der Waals surface area contributed by atoms with E-state index >= 15 is 0 Å². The molecule has 0 atom stereocenters. The number of carbonyl (C=O) groups excluding carboxylic acids is 1. The Hall–Kier alpha value is -3.71. The van der Waals surface area contributed by atoms with E-state index in [1.165, 1.54) is 17.3 Å². The van der Waals surface area contributed by atoms with E-state index in [1.807, 2.05) is 86.7 Å². The Labute approximate surface area is 201 Å². The van der Waals surface area contributed by atoms with Crippen molar-refractivity contribution in [2.24, 2.45) is 0 Å². The summed E-state index contributed by atoms with van der Waals surface area (Å²) in [6.45, 7) is 8.03. The van der Waals surface area contributed by atoms with Gasteiger partial charge in [-0.1, -0.05) is 47.7 Å². The molecule has 0 aliphatic rings. The Morgan fingerprint density at radius 1 is 0.882 bits per heavy atom. The third kappa shape index (κ3) is 3.72.